The summed E-state index contributed by atoms with van der Waals surface area (Å²) < 4.78 is 0. The van der Waals surface area contributed by atoms with Crippen LogP contribution in [0.5, 0.6) is 0 Å². The maximum Gasteiger partial charge on any atom is 0.325 e. The van der Waals surface area contributed by atoms with Crippen LogP contribution in [0.1, 0.15) is 31.9 Å². The fourth-order valence-electron chi connectivity index (χ4n) is 1.83. The lowest BCUT2D eigenvalue weighted by Crippen LogP contribution is -2.33. The van der Waals surface area contributed by atoms with Crippen molar-refractivity contribution in [2.75, 3.05) is 20.1 Å². The Hall–Kier alpha value is -1.39. The van der Waals surface area contributed by atoms with Crippen molar-refractivity contribution >= 4 is 5.97 Å². The van der Waals surface area contributed by atoms with Gasteiger partial charge in [-0.1, -0.05) is 30.3 Å². The van der Waals surface area contributed by atoms with Crippen molar-refractivity contribution < 1.29 is 9.90 Å². The standard InChI is InChI=1S/C15H24N2O2/c1-12(2)17(3)11-7-10-16-14(15(18)19)13-8-5-4-6-9-13/h4-6,8-9,12,14,16H,7,10-11H2,1-3H3,(H,18,19). The fraction of sp³-hybridized carbons (Fsp3) is 0.533. The third-order valence-corrected chi connectivity index (χ3v) is 3.30. The Bertz CT molecular complexity index is 379. The number of nitrogens with zero attached hydrogens (tertiary/aromatic N) is 1. The van der Waals surface area contributed by atoms with Gasteiger partial charge in [0.15, 0.2) is 0 Å². The Morgan fingerprint density at radius 3 is 2.47 bits per heavy atom. The molecule has 0 aliphatic rings. The number of benzene rings is 1. The normalized spacial score (nSPS) is 12.9. The minimum Gasteiger partial charge on any atom is -0.480 e. The van der Waals surface area contributed by atoms with Crippen molar-refractivity contribution in [2.45, 2.75) is 32.4 Å². The van der Waals surface area contributed by atoms with Crippen molar-refractivity contribution in [3.05, 3.63) is 35.9 Å². The second kappa shape index (κ2) is 7.92. The quantitative estimate of drug-likeness (QED) is 0.706. The van der Waals surface area contributed by atoms with E-state index in [2.05, 4.69) is 31.1 Å². The monoisotopic (exact) mass is 264 g/mol. The average molecular weight is 264 g/mol. The highest BCUT2D eigenvalue weighted by atomic mass is 16.4. The number of carbonyl (C=O) groups is 1. The molecule has 0 aliphatic heterocycles. The molecule has 0 saturated carbocycles. The number of nitrogens with one attached hydrogen (secondary N) is 1. The van der Waals surface area contributed by atoms with E-state index in [4.69, 9.17) is 0 Å². The Kier molecular flexibility index (Phi) is 6.53. The molecular weight excluding hydrogens is 240 g/mol. The molecule has 0 amide bonds. The van der Waals surface area contributed by atoms with Gasteiger partial charge in [-0.05, 0) is 46.0 Å². The molecule has 1 aromatic rings. The van der Waals surface area contributed by atoms with Gasteiger partial charge in [0.05, 0.1) is 0 Å². The van der Waals surface area contributed by atoms with Crippen LogP contribution in [0, 0.1) is 0 Å². The minimum absolute atomic E-state index is 0.518. The van der Waals surface area contributed by atoms with E-state index in [1.807, 2.05) is 30.3 Å². The van der Waals surface area contributed by atoms with Gasteiger partial charge >= 0.3 is 5.97 Å². The summed E-state index contributed by atoms with van der Waals surface area (Å²) in [5, 5.41) is 12.4. The second-order valence-electron chi connectivity index (χ2n) is 5.06. The molecule has 4 nitrogen and oxygen atoms in total. The molecule has 0 aromatic heterocycles. The van der Waals surface area contributed by atoms with E-state index in [9.17, 15) is 9.90 Å². The van der Waals surface area contributed by atoms with E-state index in [1.54, 1.807) is 0 Å². The summed E-state index contributed by atoms with van der Waals surface area (Å²) in [5.74, 6) is -0.830. The highest BCUT2D eigenvalue weighted by Crippen LogP contribution is 2.12. The first kappa shape index (κ1) is 15.7. The van der Waals surface area contributed by atoms with Gasteiger partial charge in [-0.3, -0.25) is 4.79 Å². The van der Waals surface area contributed by atoms with Crippen molar-refractivity contribution in [3.8, 4) is 0 Å². The molecule has 0 bridgehead atoms. The number of rotatable bonds is 8. The van der Waals surface area contributed by atoms with Crippen LogP contribution in [-0.4, -0.2) is 42.2 Å². The zero-order valence-corrected chi connectivity index (χ0v) is 12.0. The first-order valence-electron chi connectivity index (χ1n) is 6.73. The fourth-order valence-corrected chi connectivity index (χ4v) is 1.83. The Morgan fingerprint density at radius 2 is 1.95 bits per heavy atom. The summed E-state index contributed by atoms with van der Waals surface area (Å²) in [6, 6.07) is 9.19. The van der Waals surface area contributed by atoms with E-state index in [1.165, 1.54) is 0 Å². The second-order valence-corrected chi connectivity index (χ2v) is 5.06. The molecule has 19 heavy (non-hydrogen) atoms. The van der Waals surface area contributed by atoms with Gasteiger partial charge < -0.3 is 15.3 Å². The Balaban J connectivity index is 2.42. The van der Waals surface area contributed by atoms with Crippen LogP contribution in [-0.2, 0) is 4.79 Å². The summed E-state index contributed by atoms with van der Waals surface area (Å²) in [5.41, 5.74) is 0.798. The minimum atomic E-state index is -0.830. The number of hydrogen-bond acceptors (Lipinski definition) is 3. The van der Waals surface area contributed by atoms with E-state index < -0.39 is 12.0 Å². The lowest BCUT2D eigenvalue weighted by Gasteiger charge is -2.21. The van der Waals surface area contributed by atoms with Crippen LogP contribution >= 0.6 is 0 Å². The van der Waals surface area contributed by atoms with Gasteiger partial charge in [-0.25, -0.2) is 0 Å². The van der Waals surface area contributed by atoms with Crippen LogP contribution in [0.3, 0.4) is 0 Å². The SMILES string of the molecule is CC(C)N(C)CCCNC(C(=O)O)c1ccccc1. The average Bonchev–Trinajstić information content (AvgIpc) is 2.38. The molecule has 0 heterocycles. The number of carboxylic acids is 1. The van der Waals surface area contributed by atoms with Crippen LogP contribution in [0.25, 0.3) is 0 Å². The third-order valence-electron chi connectivity index (χ3n) is 3.30. The van der Waals surface area contributed by atoms with Gasteiger partial charge in [0.1, 0.15) is 6.04 Å². The van der Waals surface area contributed by atoms with E-state index in [0.29, 0.717) is 12.6 Å². The smallest absolute Gasteiger partial charge is 0.325 e. The summed E-state index contributed by atoms with van der Waals surface area (Å²) in [6.45, 7) is 5.96. The molecule has 4 heteroatoms. The predicted molar refractivity (Wildman–Crippen MR) is 77.2 cm³/mol. The first-order valence-corrected chi connectivity index (χ1v) is 6.73. The molecule has 0 spiro atoms. The third kappa shape index (κ3) is 5.41. The van der Waals surface area contributed by atoms with Crippen LogP contribution in [0.4, 0.5) is 0 Å². The lowest BCUT2D eigenvalue weighted by atomic mass is 10.1. The number of aliphatic carboxylic acids is 1. The Morgan fingerprint density at radius 1 is 1.32 bits per heavy atom. The summed E-state index contributed by atoms with van der Waals surface area (Å²) in [6.07, 6.45) is 0.936. The molecule has 1 unspecified atom stereocenters. The predicted octanol–water partition coefficient (Wildman–Crippen LogP) is 2.13. The van der Waals surface area contributed by atoms with Gasteiger partial charge in [0.25, 0.3) is 0 Å². The van der Waals surface area contributed by atoms with E-state index in [-0.39, 0.29) is 0 Å². The van der Waals surface area contributed by atoms with Gasteiger partial charge in [0.2, 0.25) is 0 Å². The number of hydrogen-bond donors (Lipinski definition) is 2. The molecule has 2 N–H and O–H groups in total. The van der Waals surface area contributed by atoms with Gasteiger partial charge in [-0.2, -0.15) is 0 Å². The summed E-state index contributed by atoms with van der Waals surface area (Å²) in [7, 11) is 2.08. The molecule has 0 saturated heterocycles. The highest BCUT2D eigenvalue weighted by Gasteiger charge is 2.18. The molecule has 106 valence electrons. The van der Waals surface area contributed by atoms with Crippen molar-refractivity contribution in [1.29, 1.82) is 0 Å². The van der Waals surface area contributed by atoms with Crippen LogP contribution in [0.2, 0.25) is 0 Å². The first-order chi connectivity index (χ1) is 9.02. The van der Waals surface area contributed by atoms with Gasteiger partial charge in [0, 0.05) is 6.04 Å². The maximum atomic E-state index is 11.3. The van der Waals surface area contributed by atoms with E-state index in [0.717, 1.165) is 18.5 Å². The molecule has 1 atom stereocenters. The molecule has 1 rings (SSSR count). The van der Waals surface area contributed by atoms with E-state index >= 15 is 0 Å². The van der Waals surface area contributed by atoms with Gasteiger partial charge in [-0.15, -0.1) is 0 Å². The number of carboxylic acid groups (broad SMARTS) is 1. The van der Waals surface area contributed by atoms with Crippen molar-refractivity contribution in [2.24, 2.45) is 0 Å². The largest absolute Gasteiger partial charge is 0.480 e. The summed E-state index contributed by atoms with van der Waals surface area (Å²) in [4.78, 5) is 13.5. The van der Waals surface area contributed by atoms with Crippen LogP contribution in [0.15, 0.2) is 30.3 Å². The van der Waals surface area contributed by atoms with Crippen molar-refractivity contribution in [3.63, 3.8) is 0 Å². The van der Waals surface area contributed by atoms with Crippen molar-refractivity contribution in [1.82, 2.24) is 10.2 Å². The maximum absolute atomic E-state index is 11.3. The highest BCUT2D eigenvalue weighted by molar-refractivity contribution is 5.75. The molecule has 1 aromatic carbocycles. The molecule has 0 fully saturated rings. The molecule has 0 radical (unpaired) electrons. The zero-order chi connectivity index (χ0) is 14.3. The molecular formula is C15H24N2O2. The zero-order valence-electron chi connectivity index (χ0n) is 12.0. The molecule has 0 aliphatic carbocycles. The lowest BCUT2D eigenvalue weighted by molar-refractivity contribution is -0.139. The Labute approximate surface area is 115 Å². The van der Waals surface area contributed by atoms with Crippen LogP contribution < -0.4 is 5.32 Å². The topological polar surface area (TPSA) is 52.6 Å². The summed E-state index contributed by atoms with van der Waals surface area (Å²) >= 11 is 0.